The van der Waals surface area contributed by atoms with Crippen molar-refractivity contribution in [1.82, 2.24) is 4.90 Å². The van der Waals surface area contributed by atoms with Gasteiger partial charge in [0.15, 0.2) is 0 Å². The molecule has 4 heteroatoms. The minimum Gasteiger partial charge on any atom is -0.492 e. The summed E-state index contributed by atoms with van der Waals surface area (Å²) < 4.78 is 6.71. The molecule has 2 atom stereocenters. The molecule has 0 spiro atoms. The van der Waals surface area contributed by atoms with Crippen LogP contribution >= 0.6 is 15.9 Å². The number of piperidine rings is 1. The molecule has 0 amide bonds. The summed E-state index contributed by atoms with van der Waals surface area (Å²) in [7, 11) is 0. The molecule has 2 unspecified atom stereocenters. The third-order valence-corrected chi connectivity index (χ3v) is 4.89. The molecule has 1 aromatic rings. The Hall–Kier alpha value is -0.580. The summed E-state index contributed by atoms with van der Waals surface area (Å²) >= 11 is 3.60. The lowest BCUT2D eigenvalue weighted by molar-refractivity contribution is 0.0270. The molecule has 124 valence electrons. The van der Waals surface area contributed by atoms with E-state index in [1.165, 1.54) is 12.0 Å². The normalized spacial score (nSPS) is 22.7. The van der Waals surface area contributed by atoms with Gasteiger partial charge in [-0.1, -0.05) is 19.9 Å². The number of hydrogen-bond acceptors (Lipinski definition) is 3. The standard InChI is InChI=1S/C18H28BrNO2/c1-3-8-20-9-7-17(21)15(13-20)11-14-5-6-18(16(19)12-14)22-10-4-2/h5-6,12,15,17,21H,3-4,7-11,13H2,1-2H3. The number of hydrogen-bond donors (Lipinski definition) is 1. The van der Waals surface area contributed by atoms with Crippen LogP contribution in [-0.4, -0.2) is 42.4 Å². The molecular weight excluding hydrogens is 342 g/mol. The van der Waals surface area contributed by atoms with E-state index in [2.05, 4.69) is 46.8 Å². The zero-order chi connectivity index (χ0) is 15.9. The molecule has 22 heavy (non-hydrogen) atoms. The summed E-state index contributed by atoms with van der Waals surface area (Å²) in [4.78, 5) is 2.48. The molecule has 1 N–H and O–H groups in total. The van der Waals surface area contributed by atoms with Crippen molar-refractivity contribution in [3.05, 3.63) is 28.2 Å². The Morgan fingerprint density at radius 3 is 2.82 bits per heavy atom. The molecule has 1 heterocycles. The van der Waals surface area contributed by atoms with Crippen molar-refractivity contribution in [1.29, 1.82) is 0 Å². The Kier molecular flexibility index (Phi) is 7.19. The zero-order valence-corrected chi connectivity index (χ0v) is 15.3. The van der Waals surface area contributed by atoms with Crippen LogP contribution in [0.3, 0.4) is 0 Å². The first-order chi connectivity index (χ1) is 10.6. The fourth-order valence-electron chi connectivity index (χ4n) is 3.12. The van der Waals surface area contributed by atoms with Crippen LogP contribution in [0.4, 0.5) is 0 Å². The van der Waals surface area contributed by atoms with Crippen molar-refractivity contribution in [2.75, 3.05) is 26.2 Å². The number of aliphatic hydroxyl groups excluding tert-OH is 1. The second-order valence-electron chi connectivity index (χ2n) is 6.23. The largest absolute Gasteiger partial charge is 0.492 e. The fraction of sp³-hybridized carbons (Fsp3) is 0.667. The molecule has 1 aliphatic rings. The number of likely N-dealkylation sites (tertiary alicyclic amines) is 1. The molecule has 1 aliphatic heterocycles. The maximum atomic E-state index is 10.3. The van der Waals surface area contributed by atoms with Gasteiger partial charge in [-0.15, -0.1) is 0 Å². The Labute approximate surface area is 142 Å². The Bertz CT molecular complexity index is 466. The first kappa shape index (κ1) is 17.8. The van der Waals surface area contributed by atoms with Gasteiger partial charge in [0.05, 0.1) is 17.2 Å². The van der Waals surface area contributed by atoms with Gasteiger partial charge in [-0.05, 0) is 65.9 Å². The van der Waals surface area contributed by atoms with Crippen LogP contribution in [0.15, 0.2) is 22.7 Å². The number of rotatable bonds is 7. The van der Waals surface area contributed by atoms with E-state index >= 15 is 0 Å². The number of halogens is 1. The minimum absolute atomic E-state index is 0.178. The van der Waals surface area contributed by atoms with E-state index in [1.54, 1.807) is 0 Å². The first-order valence-electron chi connectivity index (χ1n) is 8.45. The van der Waals surface area contributed by atoms with E-state index in [1.807, 2.05) is 6.07 Å². The van der Waals surface area contributed by atoms with Gasteiger partial charge in [-0.25, -0.2) is 0 Å². The predicted octanol–water partition coefficient (Wildman–Crippen LogP) is 3.87. The first-order valence-corrected chi connectivity index (χ1v) is 9.25. The topological polar surface area (TPSA) is 32.7 Å². The average molecular weight is 370 g/mol. The van der Waals surface area contributed by atoms with Gasteiger partial charge >= 0.3 is 0 Å². The van der Waals surface area contributed by atoms with E-state index in [-0.39, 0.29) is 6.10 Å². The number of ether oxygens (including phenoxy) is 1. The van der Waals surface area contributed by atoms with Gasteiger partial charge in [-0.3, -0.25) is 0 Å². The Morgan fingerprint density at radius 1 is 1.32 bits per heavy atom. The molecule has 0 radical (unpaired) electrons. The van der Waals surface area contributed by atoms with Crippen molar-refractivity contribution in [2.45, 2.75) is 45.6 Å². The summed E-state index contributed by atoms with van der Waals surface area (Å²) in [5.74, 6) is 1.23. The van der Waals surface area contributed by atoms with Gasteiger partial charge in [0.2, 0.25) is 0 Å². The van der Waals surface area contributed by atoms with Gasteiger partial charge in [-0.2, -0.15) is 0 Å². The minimum atomic E-state index is -0.178. The van der Waals surface area contributed by atoms with E-state index in [0.717, 1.165) is 55.7 Å². The molecule has 0 saturated carbocycles. The third-order valence-electron chi connectivity index (χ3n) is 4.27. The highest BCUT2D eigenvalue weighted by atomic mass is 79.9. The van der Waals surface area contributed by atoms with Gasteiger partial charge in [0, 0.05) is 19.0 Å². The second kappa shape index (κ2) is 8.90. The van der Waals surface area contributed by atoms with Crippen LogP contribution in [0.5, 0.6) is 5.75 Å². The molecule has 2 rings (SSSR count). The van der Waals surface area contributed by atoms with E-state index in [9.17, 15) is 5.11 Å². The van der Waals surface area contributed by atoms with Crippen LogP contribution in [0.25, 0.3) is 0 Å². The van der Waals surface area contributed by atoms with E-state index in [4.69, 9.17) is 4.74 Å². The van der Waals surface area contributed by atoms with Crippen LogP contribution in [0, 0.1) is 5.92 Å². The van der Waals surface area contributed by atoms with Crippen molar-refractivity contribution in [3.63, 3.8) is 0 Å². The number of aliphatic hydroxyl groups is 1. The van der Waals surface area contributed by atoms with Crippen molar-refractivity contribution in [2.24, 2.45) is 5.92 Å². The highest BCUT2D eigenvalue weighted by molar-refractivity contribution is 9.10. The highest BCUT2D eigenvalue weighted by Crippen LogP contribution is 2.29. The van der Waals surface area contributed by atoms with Crippen LogP contribution in [0.1, 0.15) is 38.7 Å². The van der Waals surface area contributed by atoms with Gasteiger partial charge in [0.1, 0.15) is 5.75 Å². The van der Waals surface area contributed by atoms with Crippen molar-refractivity contribution in [3.8, 4) is 5.75 Å². The molecule has 1 aromatic carbocycles. The number of benzene rings is 1. The zero-order valence-electron chi connectivity index (χ0n) is 13.7. The second-order valence-corrected chi connectivity index (χ2v) is 7.09. The van der Waals surface area contributed by atoms with Crippen molar-refractivity contribution < 1.29 is 9.84 Å². The van der Waals surface area contributed by atoms with Gasteiger partial charge < -0.3 is 14.7 Å². The number of nitrogens with zero attached hydrogens (tertiary/aromatic N) is 1. The molecular formula is C18H28BrNO2. The van der Waals surface area contributed by atoms with Crippen LogP contribution in [0.2, 0.25) is 0 Å². The summed E-state index contributed by atoms with van der Waals surface area (Å²) in [5, 5.41) is 10.3. The summed E-state index contributed by atoms with van der Waals surface area (Å²) in [6.45, 7) is 8.22. The average Bonchev–Trinajstić information content (AvgIpc) is 2.50. The SMILES string of the molecule is CCCOc1ccc(CC2CN(CCC)CCC2O)cc1Br. The summed E-state index contributed by atoms with van der Waals surface area (Å²) in [5.41, 5.74) is 1.26. The monoisotopic (exact) mass is 369 g/mol. The lowest BCUT2D eigenvalue weighted by Crippen LogP contribution is -2.44. The maximum absolute atomic E-state index is 10.3. The summed E-state index contributed by atoms with van der Waals surface area (Å²) in [6, 6.07) is 6.30. The lowest BCUT2D eigenvalue weighted by Gasteiger charge is -2.36. The smallest absolute Gasteiger partial charge is 0.133 e. The van der Waals surface area contributed by atoms with E-state index in [0.29, 0.717) is 5.92 Å². The molecule has 0 aromatic heterocycles. The molecule has 3 nitrogen and oxygen atoms in total. The van der Waals surface area contributed by atoms with Crippen LogP contribution in [-0.2, 0) is 6.42 Å². The Balaban J connectivity index is 1.98. The highest BCUT2D eigenvalue weighted by Gasteiger charge is 2.27. The lowest BCUT2D eigenvalue weighted by atomic mass is 9.88. The third kappa shape index (κ3) is 4.97. The fourth-order valence-corrected chi connectivity index (χ4v) is 3.66. The molecule has 0 aliphatic carbocycles. The predicted molar refractivity (Wildman–Crippen MR) is 94.5 cm³/mol. The van der Waals surface area contributed by atoms with Gasteiger partial charge in [0.25, 0.3) is 0 Å². The summed E-state index contributed by atoms with van der Waals surface area (Å²) in [6.07, 6.45) is 3.83. The van der Waals surface area contributed by atoms with Crippen LogP contribution < -0.4 is 4.74 Å². The Morgan fingerprint density at radius 2 is 2.14 bits per heavy atom. The quantitative estimate of drug-likeness (QED) is 0.791. The van der Waals surface area contributed by atoms with E-state index < -0.39 is 0 Å². The molecule has 1 saturated heterocycles. The van der Waals surface area contributed by atoms with Crippen molar-refractivity contribution >= 4 is 15.9 Å². The maximum Gasteiger partial charge on any atom is 0.133 e. The molecule has 0 bridgehead atoms. The molecule has 1 fully saturated rings.